The Morgan fingerprint density at radius 1 is 1.00 bits per heavy atom. The first kappa shape index (κ1) is 15.9. The van der Waals surface area contributed by atoms with Gasteiger partial charge in [-0.25, -0.2) is 0 Å². The maximum atomic E-state index is 6.19. The zero-order chi connectivity index (χ0) is 16.4. The van der Waals surface area contributed by atoms with Crippen LogP contribution >= 0.6 is 0 Å². The van der Waals surface area contributed by atoms with Gasteiger partial charge in [0.1, 0.15) is 0 Å². The molecule has 2 aliphatic heterocycles. The summed E-state index contributed by atoms with van der Waals surface area (Å²) in [5.74, 6) is 0. The molecule has 2 heteroatoms. The maximum Gasteiger partial charge on any atom is 0.0980 e. The summed E-state index contributed by atoms with van der Waals surface area (Å²) in [6.07, 6.45) is 5.27. The van der Waals surface area contributed by atoms with Gasteiger partial charge < -0.3 is 4.74 Å². The minimum atomic E-state index is 0.251. The van der Waals surface area contributed by atoms with Crippen molar-refractivity contribution < 1.29 is 4.74 Å². The molecule has 24 heavy (non-hydrogen) atoms. The van der Waals surface area contributed by atoms with Crippen molar-refractivity contribution in [1.29, 1.82) is 0 Å². The first-order chi connectivity index (χ1) is 11.8. The van der Waals surface area contributed by atoms with E-state index in [-0.39, 0.29) is 6.10 Å². The average Bonchev–Trinajstić information content (AvgIpc) is 3.05. The van der Waals surface area contributed by atoms with Crippen LogP contribution in [0.2, 0.25) is 0 Å². The normalized spacial score (nSPS) is 27.1. The van der Waals surface area contributed by atoms with Crippen molar-refractivity contribution in [3.8, 4) is 0 Å². The molecule has 2 heterocycles. The van der Waals surface area contributed by atoms with Crippen LogP contribution in [0.5, 0.6) is 0 Å². The van der Waals surface area contributed by atoms with Crippen molar-refractivity contribution in [3.05, 3.63) is 71.3 Å². The van der Waals surface area contributed by atoms with E-state index in [0.717, 1.165) is 13.2 Å². The summed E-state index contributed by atoms with van der Waals surface area (Å²) in [7, 11) is 0. The largest absolute Gasteiger partial charge is 0.371 e. The summed E-state index contributed by atoms with van der Waals surface area (Å²) >= 11 is 0. The zero-order valence-corrected chi connectivity index (χ0v) is 14.5. The third-order valence-corrected chi connectivity index (χ3v) is 5.70. The lowest BCUT2D eigenvalue weighted by atomic mass is 9.98. The fraction of sp³-hybridized carbons (Fsp3) is 0.455. The van der Waals surface area contributed by atoms with E-state index < -0.39 is 0 Å². The van der Waals surface area contributed by atoms with E-state index in [1.807, 2.05) is 0 Å². The number of morpholine rings is 1. The van der Waals surface area contributed by atoms with Gasteiger partial charge >= 0.3 is 0 Å². The monoisotopic (exact) mass is 321 g/mol. The second-order valence-electron chi connectivity index (χ2n) is 7.26. The number of benzene rings is 2. The molecule has 2 saturated heterocycles. The predicted molar refractivity (Wildman–Crippen MR) is 98.2 cm³/mol. The molecular formula is C22H27NO. The zero-order valence-electron chi connectivity index (χ0n) is 14.5. The van der Waals surface area contributed by atoms with Gasteiger partial charge in [-0.2, -0.15) is 0 Å². The highest BCUT2D eigenvalue weighted by molar-refractivity contribution is 5.25. The van der Waals surface area contributed by atoms with Crippen molar-refractivity contribution in [2.45, 2.75) is 50.8 Å². The summed E-state index contributed by atoms with van der Waals surface area (Å²) in [4.78, 5) is 2.73. The minimum absolute atomic E-state index is 0.251. The van der Waals surface area contributed by atoms with Crippen molar-refractivity contribution in [3.63, 3.8) is 0 Å². The van der Waals surface area contributed by atoms with Gasteiger partial charge in [-0.1, -0.05) is 60.2 Å². The van der Waals surface area contributed by atoms with E-state index in [4.69, 9.17) is 4.74 Å². The number of aryl methyl sites for hydroxylation is 2. The van der Waals surface area contributed by atoms with E-state index >= 15 is 0 Å². The summed E-state index contributed by atoms with van der Waals surface area (Å²) in [6.45, 7) is 4.09. The molecule has 126 valence electrons. The quantitative estimate of drug-likeness (QED) is 0.820. The molecule has 4 rings (SSSR count). The Hall–Kier alpha value is -1.64. The average molecular weight is 321 g/mol. The second-order valence-corrected chi connectivity index (χ2v) is 7.26. The summed E-state index contributed by atoms with van der Waals surface area (Å²) in [6, 6.07) is 21.1. The van der Waals surface area contributed by atoms with Crippen molar-refractivity contribution in [2.75, 3.05) is 13.2 Å². The summed E-state index contributed by atoms with van der Waals surface area (Å²) < 4.78 is 6.19. The molecule has 0 unspecified atom stereocenters. The second kappa shape index (κ2) is 7.08. The van der Waals surface area contributed by atoms with E-state index in [1.54, 1.807) is 0 Å². The van der Waals surface area contributed by atoms with Gasteiger partial charge in [-0.3, -0.25) is 4.90 Å². The van der Waals surface area contributed by atoms with Crippen LogP contribution in [0.15, 0.2) is 54.6 Å². The van der Waals surface area contributed by atoms with Crippen LogP contribution in [0.3, 0.4) is 0 Å². The molecule has 2 aromatic carbocycles. The fourth-order valence-electron chi connectivity index (χ4n) is 4.40. The number of ether oxygens (including phenoxy) is 1. The van der Waals surface area contributed by atoms with Gasteiger partial charge in [0, 0.05) is 18.6 Å². The Bertz CT molecular complexity index is 651. The van der Waals surface area contributed by atoms with Gasteiger partial charge in [-0.05, 0) is 43.7 Å². The van der Waals surface area contributed by atoms with Crippen LogP contribution in [0, 0.1) is 6.92 Å². The van der Waals surface area contributed by atoms with Gasteiger partial charge in [0.25, 0.3) is 0 Å². The third kappa shape index (κ3) is 3.26. The van der Waals surface area contributed by atoms with Gasteiger partial charge in [0.05, 0.1) is 12.7 Å². The van der Waals surface area contributed by atoms with E-state index in [2.05, 4.69) is 66.4 Å². The number of hydrogen-bond donors (Lipinski definition) is 0. The Kier molecular flexibility index (Phi) is 4.68. The van der Waals surface area contributed by atoms with E-state index in [1.165, 1.54) is 42.4 Å². The number of rotatable bonds is 4. The van der Waals surface area contributed by atoms with Gasteiger partial charge in [0.2, 0.25) is 0 Å². The molecule has 2 nitrogen and oxygen atoms in total. The highest BCUT2D eigenvalue weighted by Crippen LogP contribution is 2.39. The van der Waals surface area contributed by atoms with Gasteiger partial charge in [-0.15, -0.1) is 0 Å². The number of hydrogen-bond acceptors (Lipinski definition) is 2. The topological polar surface area (TPSA) is 12.5 Å². The Balaban J connectivity index is 1.43. The first-order valence-electron chi connectivity index (χ1n) is 9.29. The Labute approximate surface area is 145 Å². The molecule has 2 aliphatic rings. The molecule has 0 saturated carbocycles. The number of nitrogens with zero attached hydrogens (tertiary/aromatic N) is 1. The lowest BCUT2D eigenvalue weighted by Crippen LogP contribution is -2.46. The predicted octanol–water partition coefficient (Wildman–Crippen LogP) is 4.53. The van der Waals surface area contributed by atoms with Gasteiger partial charge in [0.15, 0.2) is 0 Å². The number of fused-ring (bicyclic) bond motifs is 1. The van der Waals surface area contributed by atoms with Crippen molar-refractivity contribution in [1.82, 2.24) is 4.90 Å². The highest BCUT2D eigenvalue weighted by Gasteiger charge is 2.41. The standard InChI is InChI=1S/C22H27NO/c1-17-7-10-19(11-8-17)22-21-14-13-20(23(21)15-16-24-22)12-9-18-5-3-2-4-6-18/h2-8,10-11,20-22H,9,12-16H2,1H3/t20-,21+,22-/m1/s1. The fourth-order valence-corrected chi connectivity index (χ4v) is 4.40. The van der Waals surface area contributed by atoms with Crippen LogP contribution in [0.25, 0.3) is 0 Å². The molecule has 0 aliphatic carbocycles. The SMILES string of the molecule is Cc1ccc([C@H]2OCCN3[C@H](CCc4ccccc4)CC[C@@H]23)cc1. The lowest BCUT2D eigenvalue weighted by molar-refractivity contribution is -0.0686. The van der Waals surface area contributed by atoms with Crippen molar-refractivity contribution >= 4 is 0 Å². The van der Waals surface area contributed by atoms with E-state index in [9.17, 15) is 0 Å². The molecule has 0 aromatic heterocycles. The van der Waals surface area contributed by atoms with E-state index in [0.29, 0.717) is 12.1 Å². The minimum Gasteiger partial charge on any atom is -0.371 e. The summed E-state index contributed by atoms with van der Waals surface area (Å²) in [5.41, 5.74) is 4.13. The molecule has 3 atom stereocenters. The summed E-state index contributed by atoms with van der Waals surface area (Å²) in [5, 5.41) is 0. The smallest absolute Gasteiger partial charge is 0.0980 e. The molecule has 2 aromatic rings. The van der Waals surface area contributed by atoms with Crippen LogP contribution < -0.4 is 0 Å². The molecule has 0 spiro atoms. The Morgan fingerprint density at radius 3 is 2.58 bits per heavy atom. The van der Waals surface area contributed by atoms with Crippen molar-refractivity contribution in [2.24, 2.45) is 0 Å². The Morgan fingerprint density at radius 2 is 1.79 bits per heavy atom. The van der Waals surface area contributed by atoms with Crippen LogP contribution in [-0.4, -0.2) is 30.1 Å². The lowest BCUT2D eigenvalue weighted by Gasteiger charge is -2.39. The highest BCUT2D eigenvalue weighted by atomic mass is 16.5. The van der Waals surface area contributed by atoms with Crippen LogP contribution in [0.1, 0.15) is 42.1 Å². The molecule has 0 radical (unpaired) electrons. The first-order valence-corrected chi connectivity index (χ1v) is 9.29. The molecule has 0 bridgehead atoms. The molecule has 0 amide bonds. The van der Waals surface area contributed by atoms with Crippen LogP contribution in [-0.2, 0) is 11.2 Å². The third-order valence-electron chi connectivity index (χ3n) is 5.70. The molecule has 0 N–H and O–H groups in total. The molecular weight excluding hydrogens is 294 g/mol. The maximum absolute atomic E-state index is 6.19. The molecule has 2 fully saturated rings. The van der Waals surface area contributed by atoms with Crippen LogP contribution in [0.4, 0.5) is 0 Å².